The average Bonchev–Trinajstić information content (AvgIpc) is 2.21. The topological polar surface area (TPSA) is 59.0 Å². The summed E-state index contributed by atoms with van der Waals surface area (Å²) < 4.78 is 5.43. The van der Waals surface area contributed by atoms with Gasteiger partial charge in [-0.3, -0.25) is 0 Å². The molecular formula is C12H16N2O. The number of hydrogen-bond donors (Lipinski definition) is 1. The van der Waals surface area contributed by atoms with Crippen LogP contribution >= 0.6 is 0 Å². The van der Waals surface area contributed by atoms with Crippen molar-refractivity contribution in [2.75, 3.05) is 6.61 Å². The number of rotatable bonds is 4. The predicted octanol–water partition coefficient (Wildman–Crippen LogP) is 2.31. The monoisotopic (exact) mass is 204 g/mol. The summed E-state index contributed by atoms with van der Waals surface area (Å²) in [6.45, 7) is 4.59. The van der Waals surface area contributed by atoms with Crippen molar-refractivity contribution in [3.05, 3.63) is 29.3 Å². The Morgan fingerprint density at radius 2 is 2.27 bits per heavy atom. The maximum absolute atomic E-state index is 8.55. The first-order valence-electron chi connectivity index (χ1n) is 5.05. The summed E-state index contributed by atoms with van der Waals surface area (Å²) in [6.07, 6.45) is 0.341. The lowest BCUT2D eigenvalue weighted by molar-refractivity contribution is 0.337. The summed E-state index contributed by atoms with van der Waals surface area (Å²) in [6, 6.07) is 7.67. The van der Waals surface area contributed by atoms with Gasteiger partial charge in [-0.1, -0.05) is 12.1 Å². The first kappa shape index (κ1) is 11.5. The van der Waals surface area contributed by atoms with Crippen molar-refractivity contribution < 1.29 is 4.74 Å². The van der Waals surface area contributed by atoms with E-state index in [2.05, 4.69) is 6.07 Å². The molecule has 2 N–H and O–H groups in total. The van der Waals surface area contributed by atoms with Crippen LogP contribution in [0.5, 0.6) is 5.75 Å². The molecule has 1 rings (SSSR count). The molecule has 0 heterocycles. The quantitative estimate of drug-likeness (QED) is 0.818. The van der Waals surface area contributed by atoms with Gasteiger partial charge in [0.05, 0.1) is 19.1 Å². The van der Waals surface area contributed by atoms with Crippen LogP contribution in [0.4, 0.5) is 0 Å². The fourth-order valence-corrected chi connectivity index (χ4v) is 1.44. The van der Waals surface area contributed by atoms with Crippen LogP contribution < -0.4 is 10.5 Å². The van der Waals surface area contributed by atoms with Gasteiger partial charge < -0.3 is 10.5 Å². The molecule has 15 heavy (non-hydrogen) atoms. The Bertz CT molecular complexity index is 368. The Morgan fingerprint density at radius 1 is 1.53 bits per heavy atom. The van der Waals surface area contributed by atoms with Crippen molar-refractivity contribution in [3.8, 4) is 11.8 Å². The van der Waals surface area contributed by atoms with E-state index in [1.807, 2.05) is 32.0 Å². The largest absolute Gasteiger partial charge is 0.494 e. The van der Waals surface area contributed by atoms with E-state index in [1.54, 1.807) is 0 Å². The zero-order chi connectivity index (χ0) is 11.3. The third-order valence-corrected chi connectivity index (χ3v) is 2.24. The van der Waals surface area contributed by atoms with E-state index in [1.165, 1.54) is 0 Å². The predicted molar refractivity (Wildman–Crippen MR) is 59.5 cm³/mol. The minimum absolute atomic E-state index is 0.204. The first-order chi connectivity index (χ1) is 7.19. The van der Waals surface area contributed by atoms with E-state index in [9.17, 15) is 0 Å². The Balaban J connectivity index is 2.86. The molecule has 0 bridgehead atoms. The Morgan fingerprint density at radius 3 is 2.80 bits per heavy atom. The second-order valence-corrected chi connectivity index (χ2v) is 3.43. The summed E-state index contributed by atoms with van der Waals surface area (Å²) >= 11 is 0. The molecule has 3 nitrogen and oxygen atoms in total. The number of nitrogens with two attached hydrogens (primary N) is 1. The van der Waals surface area contributed by atoms with Crippen LogP contribution in [0, 0.1) is 18.3 Å². The van der Waals surface area contributed by atoms with Gasteiger partial charge in [0, 0.05) is 6.04 Å². The lowest BCUT2D eigenvalue weighted by Crippen LogP contribution is -2.09. The Hall–Kier alpha value is -1.53. The highest BCUT2D eigenvalue weighted by atomic mass is 16.5. The second kappa shape index (κ2) is 5.38. The Kier molecular flexibility index (Phi) is 4.14. The number of benzene rings is 1. The van der Waals surface area contributed by atoms with Gasteiger partial charge in [0.15, 0.2) is 0 Å². The van der Waals surface area contributed by atoms with Gasteiger partial charge in [-0.2, -0.15) is 5.26 Å². The molecule has 1 unspecified atom stereocenters. The molecule has 0 aliphatic heterocycles. The zero-order valence-corrected chi connectivity index (χ0v) is 9.16. The third kappa shape index (κ3) is 2.97. The molecule has 0 saturated carbocycles. The molecule has 1 aromatic rings. The first-order valence-corrected chi connectivity index (χ1v) is 5.05. The van der Waals surface area contributed by atoms with Crippen LogP contribution in [-0.2, 0) is 0 Å². The molecule has 0 saturated heterocycles. The van der Waals surface area contributed by atoms with E-state index < -0.39 is 0 Å². The standard InChI is InChI=1S/C12H16N2O/c1-3-15-12-5-4-10(8-9(12)2)11(14)6-7-13/h4-5,8,11H,3,6,14H2,1-2H3. The molecular weight excluding hydrogens is 188 g/mol. The van der Waals surface area contributed by atoms with E-state index >= 15 is 0 Å². The fourth-order valence-electron chi connectivity index (χ4n) is 1.44. The van der Waals surface area contributed by atoms with Crippen LogP contribution in [0.15, 0.2) is 18.2 Å². The molecule has 1 atom stereocenters. The molecule has 0 amide bonds. The average molecular weight is 204 g/mol. The summed E-state index contributed by atoms with van der Waals surface area (Å²) in [7, 11) is 0. The lowest BCUT2D eigenvalue weighted by atomic mass is 10.0. The van der Waals surface area contributed by atoms with Crippen molar-refractivity contribution in [1.29, 1.82) is 5.26 Å². The highest BCUT2D eigenvalue weighted by Crippen LogP contribution is 2.22. The molecule has 80 valence electrons. The third-order valence-electron chi connectivity index (χ3n) is 2.24. The van der Waals surface area contributed by atoms with Crippen molar-refractivity contribution in [3.63, 3.8) is 0 Å². The van der Waals surface area contributed by atoms with Gasteiger partial charge >= 0.3 is 0 Å². The molecule has 0 fully saturated rings. The second-order valence-electron chi connectivity index (χ2n) is 3.43. The van der Waals surface area contributed by atoms with Crippen LogP contribution in [0.2, 0.25) is 0 Å². The minimum Gasteiger partial charge on any atom is -0.494 e. The van der Waals surface area contributed by atoms with E-state index in [0.717, 1.165) is 16.9 Å². The fraction of sp³-hybridized carbons (Fsp3) is 0.417. The van der Waals surface area contributed by atoms with Crippen LogP contribution in [0.1, 0.15) is 30.5 Å². The normalized spacial score (nSPS) is 11.9. The van der Waals surface area contributed by atoms with Crippen molar-refractivity contribution in [2.24, 2.45) is 5.73 Å². The van der Waals surface area contributed by atoms with Gasteiger partial charge in [-0.05, 0) is 31.0 Å². The summed E-state index contributed by atoms with van der Waals surface area (Å²) in [5, 5.41) is 8.55. The smallest absolute Gasteiger partial charge is 0.122 e. The van der Waals surface area contributed by atoms with E-state index in [0.29, 0.717) is 13.0 Å². The van der Waals surface area contributed by atoms with Gasteiger partial charge in [0.1, 0.15) is 5.75 Å². The number of nitriles is 1. The molecule has 0 radical (unpaired) electrons. The maximum atomic E-state index is 8.55. The molecule has 0 aromatic heterocycles. The molecule has 3 heteroatoms. The van der Waals surface area contributed by atoms with Crippen molar-refractivity contribution in [1.82, 2.24) is 0 Å². The number of nitrogens with zero attached hydrogens (tertiary/aromatic N) is 1. The maximum Gasteiger partial charge on any atom is 0.122 e. The molecule has 1 aromatic carbocycles. The zero-order valence-electron chi connectivity index (χ0n) is 9.16. The number of hydrogen-bond acceptors (Lipinski definition) is 3. The van der Waals surface area contributed by atoms with E-state index in [4.69, 9.17) is 15.7 Å². The van der Waals surface area contributed by atoms with Crippen LogP contribution in [0.3, 0.4) is 0 Å². The minimum atomic E-state index is -0.204. The van der Waals surface area contributed by atoms with Gasteiger partial charge in [-0.25, -0.2) is 0 Å². The Labute approximate surface area is 90.5 Å². The van der Waals surface area contributed by atoms with Gasteiger partial charge in [-0.15, -0.1) is 0 Å². The van der Waals surface area contributed by atoms with Crippen LogP contribution in [0.25, 0.3) is 0 Å². The molecule has 0 aliphatic carbocycles. The highest BCUT2D eigenvalue weighted by Gasteiger charge is 2.07. The summed E-state index contributed by atoms with van der Waals surface area (Å²) in [4.78, 5) is 0. The van der Waals surface area contributed by atoms with Crippen molar-refractivity contribution in [2.45, 2.75) is 26.3 Å². The van der Waals surface area contributed by atoms with Gasteiger partial charge in [0.25, 0.3) is 0 Å². The summed E-state index contributed by atoms with van der Waals surface area (Å²) in [5.41, 5.74) is 7.88. The number of ether oxygens (including phenoxy) is 1. The number of aryl methyl sites for hydroxylation is 1. The summed E-state index contributed by atoms with van der Waals surface area (Å²) in [5.74, 6) is 0.880. The highest BCUT2D eigenvalue weighted by molar-refractivity contribution is 5.37. The SMILES string of the molecule is CCOc1ccc(C(N)CC#N)cc1C. The van der Waals surface area contributed by atoms with Crippen molar-refractivity contribution >= 4 is 0 Å². The van der Waals surface area contributed by atoms with Gasteiger partial charge in [0.2, 0.25) is 0 Å². The van der Waals surface area contributed by atoms with E-state index in [-0.39, 0.29) is 6.04 Å². The lowest BCUT2D eigenvalue weighted by Gasteiger charge is -2.12. The molecule has 0 spiro atoms. The molecule has 0 aliphatic rings. The van der Waals surface area contributed by atoms with Crippen LogP contribution in [-0.4, -0.2) is 6.61 Å².